The van der Waals surface area contributed by atoms with Gasteiger partial charge in [0.05, 0.1) is 18.5 Å². The number of aromatic amines is 1. The zero-order valence-electron chi connectivity index (χ0n) is 13.2. The largest absolute Gasteiger partial charge is 0.388 e. The molecule has 0 saturated carbocycles. The number of anilines is 4. The molecule has 1 aliphatic rings. The molecule has 0 radical (unpaired) electrons. The normalized spacial score (nSPS) is 16.0. The molecule has 7 heteroatoms. The van der Waals surface area contributed by atoms with E-state index in [1.165, 1.54) is 5.56 Å². The van der Waals surface area contributed by atoms with Crippen molar-refractivity contribution in [2.75, 3.05) is 10.6 Å². The summed E-state index contributed by atoms with van der Waals surface area (Å²) in [5.41, 5.74) is 4.11. The SMILES string of the molecule is Cc1cc(Nc2cncc(Nc3ccc4c(c3)CCC4O)n2)n[nH]1. The van der Waals surface area contributed by atoms with Crippen molar-refractivity contribution in [2.24, 2.45) is 0 Å². The summed E-state index contributed by atoms with van der Waals surface area (Å²) >= 11 is 0. The maximum Gasteiger partial charge on any atom is 0.153 e. The summed E-state index contributed by atoms with van der Waals surface area (Å²) < 4.78 is 0. The average molecular weight is 322 g/mol. The van der Waals surface area contributed by atoms with Crippen LogP contribution >= 0.6 is 0 Å². The Labute approximate surface area is 139 Å². The molecule has 7 nitrogen and oxygen atoms in total. The van der Waals surface area contributed by atoms with Crippen molar-refractivity contribution in [2.45, 2.75) is 25.9 Å². The lowest BCUT2D eigenvalue weighted by Gasteiger charge is -2.10. The molecule has 0 spiro atoms. The van der Waals surface area contributed by atoms with Crippen LogP contribution in [0, 0.1) is 6.92 Å². The van der Waals surface area contributed by atoms with Crippen LogP contribution in [0.15, 0.2) is 36.7 Å². The zero-order valence-corrected chi connectivity index (χ0v) is 13.2. The highest BCUT2D eigenvalue weighted by Gasteiger charge is 2.20. The average Bonchev–Trinajstić information content (AvgIpc) is 3.14. The molecule has 122 valence electrons. The van der Waals surface area contributed by atoms with Gasteiger partial charge in [0.2, 0.25) is 0 Å². The molecule has 1 aliphatic carbocycles. The lowest BCUT2D eigenvalue weighted by atomic mass is 10.1. The van der Waals surface area contributed by atoms with Crippen molar-refractivity contribution in [3.05, 3.63) is 53.5 Å². The summed E-state index contributed by atoms with van der Waals surface area (Å²) in [5, 5.41) is 23.2. The topological polar surface area (TPSA) is 98.8 Å². The smallest absolute Gasteiger partial charge is 0.153 e. The summed E-state index contributed by atoms with van der Waals surface area (Å²) in [6, 6.07) is 7.88. The molecule has 0 saturated heterocycles. The van der Waals surface area contributed by atoms with Crippen molar-refractivity contribution >= 4 is 23.1 Å². The number of hydrogen-bond donors (Lipinski definition) is 4. The van der Waals surface area contributed by atoms with Gasteiger partial charge < -0.3 is 15.7 Å². The first-order valence-corrected chi connectivity index (χ1v) is 7.86. The standard InChI is InChI=1S/C17H18N6O/c1-10-6-15(23-22-10)20-17-9-18-8-16(21-17)19-12-3-4-13-11(7-12)2-5-14(13)24/h3-4,6-9,14,24H,2,5H2,1H3,(H3,19,20,21,22,23). The van der Waals surface area contributed by atoms with E-state index < -0.39 is 0 Å². The number of nitrogens with one attached hydrogen (secondary N) is 3. The molecular formula is C17H18N6O. The highest BCUT2D eigenvalue weighted by atomic mass is 16.3. The molecule has 0 bridgehead atoms. The van der Waals surface area contributed by atoms with Crippen LogP contribution in [0.1, 0.15) is 29.3 Å². The highest BCUT2D eigenvalue weighted by molar-refractivity contribution is 5.61. The number of aromatic nitrogens is 4. The van der Waals surface area contributed by atoms with Gasteiger partial charge in [-0.1, -0.05) is 6.07 Å². The Morgan fingerprint density at radius 1 is 1.12 bits per heavy atom. The minimum absolute atomic E-state index is 0.335. The van der Waals surface area contributed by atoms with Crippen LogP contribution in [0.2, 0.25) is 0 Å². The number of H-pyrrole nitrogens is 1. The van der Waals surface area contributed by atoms with Gasteiger partial charge in [-0.3, -0.25) is 10.1 Å². The van der Waals surface area contributed by atoms with Gasteiger partial charge in [-0.05, 0) is 43.0 Å². The Morgan fingerprint density at radius 3 is 2.75 bits per heavy atom. The highest BCUT2D eigenvalue weighted by Crippen LogP contribution is 2.33. The van der Waals surface area contributed by atoms with Crippen molar-refractivity contribution in [3.63, 3.8) is 0 Å². The second-order valence-electron chi connectivity index (χ2n) is 5.94. The second kappa shape index (κ2) is 5.93. The molecule has 0 aliphatic heterocycles. The van der Waals surface area contributed by atoms with E-state index in [1.54, 1.807) is 12.4 Å². The van der Waals surface area contributed by atoms with Crippen LogP contribution < -0.4 is 10.6 Å². The van der Waals surface area contributed by atoms with Crippen molar-refractivity contribution in [1.82, 2.24) is 20.2 Å². The Hall–Kier alpha value is -2.93. The van der Waals surface area contributed by atoms with E-state index in [9.17, 15) is 5.11 Å². The van der Waals surface area contributed by atoms with E-state index >= 15 is 0 Å². The summed E-state index contributed by atoms with van der Waals surface area (Å²) in [7, 11) is 0. The molecule has 3 aromatic rings. The lowest BCUT2D eigenvalue weighted by molar-refractivity contribution is 0.180. The Kier molecular flexibility index (Phi) is 3.62. The number of aliphatic hydroxyl groups excluding tert-OH is 1. The predicted octanol–water partition coefficient (Wildman–Crippen LogP) is 2.97. The monoisotopic (exact) mass is 322 g/mol. The number of fused-ring (bicyclic) bond motifs is 1. The van der Waals surface area contributed by atoms with E-state index in [4.69, 9.17) is 0 Å². The third kappa shape index (κ3) is 2.93. The van der Waals surface area contributed by atoms with Gasteiger partial charge in [0, 0.05) is 17.4 Å². The first-order chi connectivity index (χ1) is 11.7. The molecule has 0 fully saturated rings. The number of nitrogens with zero attached hydrogens (tertiary/aromatic N) is 3. The first kappa shape index (κ1) is 14.6. The van der Waals surface area contributed by atoms with Gasteiger partial charge >= 0.3 is 0 Å². The van der Waals surface area contributed by atoms with E-state index in [2.05, 4.69) is 36.9 Å². The van der Waals surface area contributed by atoms with Crippen molar-refractivity contribution in [3.8, 4) is 0 Å². The van der Waals surface area contributed by atoms with Crippen molar-refractivity contribution in [1.29, 1.82) is 0 Å². The summed E-state index contributed by atoms with van der Waals surface area (Å²) in [6.45, 7) is 1.94. The van der Waals surface area contributed by atoms with E-state index in [0.29, 0.717) is 17.5 Å². The number of rotatable bonds is 4. The van der Waals surface area contributed by atoms with Crippen LogP contribution in [0.5, 0.6) is 0 Å². The molecule has 1 aromatic carbocycles. The molecule has 1 unspecified atom stereocenters. The molecule has 2 heterocycles. The van der Waals surface area contributed by atoms with E-state index in [-0.39, 0.29) is 6.10 Å². The molecule has 1 atom stereocenters. The fourth-order valence-electron chi connectivity index (χ4n) is 2.92. The minimum Gasteiger partial charge on any atom is -0.388 e. The summed E-state index contributed by atoms with van der Waals surface area (Å²) in [5.74, 6) is 1.96. The molecule has 24 heavy (non-hydrogen) atoms. The van der Waals surface area contributed by atoms with Crippen LogP contribution in [-0.4, -0.2) is 25.3 Å². The van der Waals surface area contributed by atoms with Crippen molar-refractivity contribution < 1.29 is 5.11 Å². The quantitative estimate of drug-likeness (QED) is 0.589. The van der Waals surface area contributed by atoms with Gasteiger partial charge in [-0.25, -0.2) is 4.98 Å². The molecule has 4 rings (SSSR count). The van der Waals surface area contributed by atoms with Gasteiger partial charge in [0.25, 0.3) is 0 Å². The second-order valence-corrected chi connectivity index (χ2v) is 5.94. The molecule has 2 aromatic heterocycles. The third-order valence-corrected chi connectivity index (χ3v) is 4.06. The molecular weight excluding hydrogens is 304 g/mol. The van der Waals surface area contributed by atoms with Gasteiger partial charge in [-0.2, -0.15) is 5.10 Å². The predicted molar refractivity (Wildman–Crippen MR) is 91.6 cm³/mol. The Bertz CT molecular complexity index is 875. The summed E-state index contributed by atoms with van der Waals surface area (Å²) in [6.07, 6.45) is 4.68. The first-order valence-electron chi connectivity index (χ1n) is 7.86. The Morgan fingerprint density at radius 2 is 1.96 bits per heavy atom. The lowest BCUT2D eigenvalue weighted by Crippen LogP contribution is -2.00. The summed E-state index contributed by atoms with van der Waals surface area (Å²) in [4.78, 5) is 8.70. The van der Waals surface area contributed by atoms with Crippen LogP contribution in [0.4, 0.5) is 23.1 Å². The molecule has 0 amide bonds. The maximum absolute atomic E-state index is 9.88. The number of hydrogen-bond acceptors (Lipinski definition) is 6. The minimum atomic E-state index is -0.335. The molecule has 4 N–H and O–H groups in total. The van der Waals surface area contributed by atoms with Crippen LogP contribution in [0.25, 0.3) is 0 Å². The number of benzene rings is 1. The maximum atomic E-state index is 9.88. The van der Waals surface area contributed by atoms with E-state index in [1.807, 2.05) is 25.1 Å². The fraction of sp³-hybridized carbons (Fsp3) is 0.235. The zero-order chi connectivity index (χ0) is 16.5. The van der Waals surface area contributed by atoms with Gasteiger partial charge in [0.1, 0.15) is 0 Å². The fourth-order valence-corrected chi connectivity index (χ4v) is 2.92. The van der Waals surface area contributed by atoms with Gasteiger partial charge in [-0.15, -0.1) is 0 Å². The Balaban J connectivity index is 1.52. The van der Waals surface area contributed by atoms with Crippen LogP contribution in [-0.2, 0) is 6.42 Å². The van der Waals surface area contributed by atoms with Crippen LogP contribution in [0.3, 0.4) is 0 Å². The third-order valence-electron chi connectivity index (χ3n) is 4.06. The van der Waals surface area contributed by atoms with Gasteiger partial charge in [0.15, 0.2) is 17.5 Å². The van der Waals surface area contributed by atoms with E-state index in [0.717, 1.165) is 29.8 Å². The number of aryl methyl sites for hydroxylation is 2. The number of aliphatic hydroxyl groups is 1.